The average molecular weight is 735 g/mol. The molecule has 2 aliphatic carbocycles. The molecule has 0 radical (unpaired) electrons. The van der Waals surface area contributed by atoms with Gasteiger partial charge in [0.2, 0.25) is 21.8 Å². The van der Waals surface area contributed by atoms with Crippen LogP contribution in [0.5, 0.6) is 5.75 Å². The number of alkyl carbamates (subject to hydrolysis) is 1. The SMILES string of the molecule is CC(C)(C)OC(=O)N[C@H]1CCCCC/C=C\[C@@H]2C[C@@]2(C(=O)NS(=O)(=O)C2(C)CC2)NC(=O)[C@@H]2C[C@]3(CCc4c(ccc5ccccc45)O3)CN2C1=O. The second kappa shape index (κ2) is 13.1. The molecule has 52 heavy (non-hydrogen) atoms. The Morgan fingerprint density at radius 3 is 2.54 bits per heavy atom. The zero-order valence-corrected chi connectivity index (χ0v) is 31.3. The van der Waals surface area contributed by atoms with Gasteiger partial charge in [0, 0.05) is 17.9 Å². The molecule has 13 heteroatoms. The summed E-state index contributed by atoms with van der Waals surface area (Å²) in [5, 5.41) is 7.93. The Balaban J connectivity index is 1.22. The number of amides is 4. The lowest BCUT2D eigenvalue weighted by Crippen LogP contribution is -2.58. The normalized spacial score (nSPS) is 30.7. The Bertz CT molecular complexity index is 1930. The van der Waals surface area contributed by atoms with E-state index < -0.39 is 73.3 Å². The van der Waals surface area contributed by atoms with Crippen LogP contribution < -0.4 is 20.1 Å². The third-order valence-corrected chi connectivity index (χ3v) is 13.6. The van der Waals surface area contributed by atoms with Crippen molar-refractivity contribution in [3.05, 3.63) is 54.1 Å². The number of carbonyl (C=O) groups is 4. The molecule has 2 aromatic rings. The second-order valence-electron chi connectivity index (χ2n) is 16.7. The zero-order valence-electron chi connectivity index (χ0n) is 30.5. The van der Waals surface area contributed by atoms with Gasteiger partial charge >= 0.3 is 6.09 Å². The van der Waals surface area contributed by atoms with Crippen molar-refractivity contribution in [1.82, 2.24) is 20.3 Å². The summed E-state index contributed by atoms with van der Waals surface area (Å²) < 4.78 is 39.9. The van der Waals surface area contributed by atoms with Gasteiger partial charge in [-0.25, -0.2) is 13.2 Å². The van der Waals surface area contributed by atoms with Crippen LogP contribution in [0.25, 0.3) is 10.8 Å². The van der Waals surface area contributed by atoms with Crippen molar-refractivity contribution in [2.24, 2.45) is 5.92 Å². The minimum atomic E-state index is -3.97. The van der Waals surface area contributed by atoms with Crippen molar-refractivity contribution >= 4 is 44.6 Å². The number of hydrogen-bond acceptors (Lipinski definition) is 8. The summed E-state index contributed by atoms with van der Waals surface area (Å²) in [5.41, 5.74) is -2.10. The number of benzene rings is 2. The smallest absolute Gasteiger partial charge is 0.408 e. The summed E-state index contributed by atoms with van der Waals surface area (Å²) in [6.45, 7) is 6.94. The maximum atomic E-state index is 14.6. The van der Waals surface area contributed by atoms with Crippen molar-refractivity contribution in [2.75, 3.05) is 6.54 Å². The number of hydrogen-bond donors (Lipinski definition) is 3. The molecule has 280 valence electrons. The lowest BCUT2D eigenvalue weighted by molar-refractivity contribution is -0.141. The Kier molecular flexibility index (Phi) is 9.11. The van der Waals surface area contributed by atoms with E-state index in [1.165, 1.54) is 4.90 Å². The predicted octanol–water partition coefficient (Wildman–Crippen LogP) is 4.79. The number of nitrogens with one attached hydrogen (secondary N) is 3. The molecule has 2 saturated carbocycles. The zero-order chi connectivity index (χ0) is 37.1. The average Bonchev–Trinajstić information content (AvgIpc) is 3.97. The van der Waals surface area contributed by atoms with Crippen molar-refractivity contribution in [3.8, 4) is 5.75 Å². The number of nitrogens with zero attached hydrogens (tertiary/aromatic N) is 1. The second-order valence-corrected chi connectivity index (χ2v) is 18.9. The van der Waals surface area contributed by atoms with E-state index in [1.807, 2.05) is 36.4 Å². The molecule has 1 saturated heterocycles. The van der Waals surface area contributed by atoms with E-state index in [9.17, 15) is 27.6 Å². The van der Waals surface area contributed by atoms with Gasteiger partial charge in [0.25, 0.3) is 5.91 Å². The highest BCUT2D eigenvalue weighted by Gasteiger charge is 2.64. The Hall–Kier alpha value is -4.13. The number of carbonyl (C=O) groups excluding carboxylic acids is 4. The molecule has 3 N–H and O–H groups in total. The maximum absolute atomic E-state index is 14.6. The summed E-state index contributed by atoms with van der Waals surface area (Å²) in [5.74, 6) is -1.47. The minimum absolute atomic E-state index is 0.0952. The van der Waals surface area contributed by atoms with Crippen LogP contribution >= 0.6 is 0 Å². The van der Waals surface area contributed by atoms with Gasteiger partial charge in [-0.05, 0) is 95.9 Å². The molecule has 3 fully saturated rings. The lowest BCUT2D eigenvalue weighted by Gasteiger charge is -2.36. The highest BCUT2D eigenvalue weighted by Crippen LogP contribution is 2.48. The van der Waals surface area contributed by atoms with Crippen LogP contribution in [0.1, 0.15) is 97.5 Å². The first-order valence-electron chi connectivity index (χ1n) is 18.6. The van der Waals surface area contributed by atoms with E-state index in [1.54, 1.807) is 27.7 Å². The standard InChI is InChI=1S/C39H50N4O8S/c1-36(2,3)51-35(47)40-29-15-9-7-5-6-8-13-26-22-39(26,34(46)42-52(48,49)37(4)20-21-37)41-32(44)30-23-38(24-43(30)33(29)45)19-18-28-27-14-11-10-12-25(27)16-17-31(28)50-38/h8,10-14,16-17,26,29-30H,5-7,9,15,18-24H2,1-4H3,(H,40,47)(H,41,44)(H,42,46)/b13-8-/t26-,29+,30+,38-,39-/m1/s1. The summed E-state index contributed by atoms with van der Waals surface area (Å²) in [6.07, 6.45) is 8.96. The number of allylic oxidation sites excluding steroid dienone is 1. The monoisotopic (exact) mass is 734 g/mol. The van der Waals surface area contributed by atoms with Gasteiger partial charge in [-0.1, -0.05) is 55.3 Å². The van der Waals surface area contributed by atoms with E-state index in [2.05, 4.69) is 27.5 Å². The Morgan fingerprint density at radius 2 is 1.79 bits per heavy atom. The van der Waals surface area contributed by atoms with Crippen LogP contribution in [0.2, 0.25) is 0 Å². The van der Waals surface area contributed by atoms with E-state index in [0.717, 1.165) is 29.2 Å². The number of fused-ring (bicyclic) bond motifs is 5. The van der Waals surface area contributed by atoms with E-state index in [4.69, 9.17) is 9.47 Å². The molecule has 5 aliphatic rings. The molecule has 0 unspecified atom stereocenters. The fraction of sp³-hybridized carbons (Fsp3) is 0.590. The molecule has 2 aromatic carbocycles. The molecule has 1 spiro atoms. The molecule has 0 bridgehead atoms. The Morgan fingerprint density at radius 1 is 1.02 bits per heavy atom. The van der Waals surface area contributed by atoms with Crippen LogP contribution in [0.15, 0.2) is 48.6 Å². The molecule has 4 amide bonds. The quantitative estimate of drug-likeness (QED) is 0.378. The molecule has 5 atom stereocenters. The molecule has 12 nitrogen and oxygen atoms in total. The van der Waals surface area contributed by atoms with Gasteiger partial charge in [-0.3, -0.25) is 19.1 Å². The largest absolute Gasteiger partial charge is 0.485 e. The van der Waals surface area contributed by atoms with Gasteiger partial charge in [-0.15, -0.1) is 0 Å². The van der Waals surface area contributed by atoms with Gasteiger partial charge in [-0.2, -0.15) is 0 Å². The topological polar surface area (TPSA) is 160 Å². The summed E-state index contributed by atoms with van der Waals surface area (Å²) in [4.78, 5) is 57.5. The predicted molar refractivity (Wildman–Crippen MR) is 195 cm³/mol. The van der Waals surface area contributed by atoms with Crippen LogP contribution in [0, 0.1) is 5.92 Å². The minimum Gasteiger partial charge on any atom is -0.485 e. The van der Waals surface area contributed by atoms with Crippen LogP contribution in [-0.4, -0.2) is 77.2 Å². The first-order chi connectivity index (χ1) is 24.5. The van der Waals surface area contributed by atoms with Gasteiger partial charge in [0.05, 0.1) is 11.3 Å². The fourth-order valence-electron chi connectivity index (χ4n) is 8.00. The molecule has 3 heterocycles. The fourth-order valence-corrected chi connectivity index (χ4v) is 9.31. The summed E-state index contributed by atoms with van der Waals surface area (Å²) in [7, 11) is -3.97. The third-order valence-electron chi connectivity index (χ3n) is 11.5. The van der Waals surface area contributed by atoms with Gasteiger partial charge < -0.3 is 25.0 Å². The number of sulfonamides is 1. The van der Waals surface area contributed by atoms with Crippen LogP contribution in [0.4, 0.5) is 4.79 Å². The first kappa shape index (κ1) is 36.2. The summed E-state index contributed by atoms with van der Waals surface area (Å²) in [6, 6.07) is 10.0. The molecular formula is C39H50N4O8S. The van der Waals surface area contributed by atoms with Crippen molar-refractivity contribution < 1.29 is 37.1 Å². The van der Waals surface area contributed by atoms with Crippen molar-refractivity contribution in [2.45, 2.75) is 132 Å². The molecular weight excluding hydrogens is 685 g/mol. The molecule has 0 aromatic heterocycles. The third kappa shape index (κ3) is 7.00. The van der Waals surface area contributed by atoms with Gasteiger partial charge in [0.15, 0.2) is 0 Å². The Labute approximate surface area is 305 Å². The van der Waals surface area contributed by atoms with Crippen LogP contribution in [0.3, 0.4) is 0 Å². The highest BCUT2D eigenvalue weighted by molar-refractivity contribution is 7.91. The van der Waals surface area contributed by atoms with E-state index >= 15 is 0 Å². The number of rotatable bonds is 4. The first-order valence-corrected chi connectivity index (χ1v) is 20.1. The number of aryl methyl sites for hydroxylation is 1. The molecule has 3 aliphatic heterocycles. The van der Waals surface area contributed by atoms with Crippen LogP contribution in [-0.2, 0) is 35.6 Å². The summed E-state index contributed by atoms with van der Waals surface area (Å²) >= 11 is 0. The lowest BCUT2D eigenvalue weighted by atomic mass is 9.87. The van der Waals surface area contributed by atoms with Gasteiger partial charge in [0.1, 0.15) is 34.6 Å². The van der Waals surface area contributed by atoms with E-state index in [0.29, 0.717) is 50.7 Å². The molecule has 7 rings (SSSR count). The highest BCUT2D eigenvalue weighted by atomic mass is 32.2. The van der Waals surface area contributed by atoms with E-state index in [-0.39, 0.29) is 19.4 Å². The number of ether oxygens (including phenoxy) is 2. The maximum Gasteiger partial charge on any atom is 0.408 e. The van der Waals surface area contributed by atoms with Crippen molar-refractivity contribution in [1.29, 1.82) is 0 Å². The van der Waals surface area contributed by atoms with Crippen molar-refractivity contribution in [3.63, 3.8) is 0 Å².